The Bertz CT molecular complexity index is 468. The number of likely N-dealkylation sites (tertiary alicyclic amines) is 1. The van der Waals surface area contributed by atoms with Crippen LogP contribution in [0.3, 0.4) is 0 Å². The lowest BCUT2D eigenvalue weighted by Crippen LogP contribution is -2.48. The van der Waals surface area contributed by atoms with Crippen molar-refractivity contribution in [3.05, 3.63) is 22.9 Å². The maximum absolute atomic E-state index is 11.0. The van der Waals surface area contributed by atoms with Crippen molar-refractivity contribution in [3.8, 4) is 0 Å². The molecule has 90 valence electrons. The first-order valence-electron chi connectivity index (χ1n) is 5.52. The molecule has 1 aromatic heterocycles. The third kappa shape index (κ3) is 1.76. The van der Waals surface area contributed by atoms with Crippen LogP contribution in [0.15, 0.2) is 22.9 Å². The molecule has 2 bridgehead atoms. The number of anilines is 1. The molecule has 0 aliphatic carbocycles. The molecule has 0 radical (unpaired) electrons. The van der Waals surface area contributed by atoms with Crippen LogP contribution >= 0.6 is 15.9 Å². The van der Waals surface area contributed by atoms with E-state index in [9.17, 15) is 4.79 Å². The van der Waals surface area contributed by atoms with Crippen molar-refractivity contribution in [2.75, 3.05) is 18.0 Å². The predicted octanol–water partition coefficient (Wildman–Crippen LogP) is 1.79. The summed E-state index contributed by atoms with van der Waals surface area (Å²) in [5.74, 6) is 0. The number of nitrogens with zero attached hydrogens (tertiary/aromatic N) is 3. The summed E-state index contributed by atoms with van der Waals surface area (Å²) in [7, 11) is 0. The zero-order valence-corrected chi connectivity index (χ0v) is 10.7. The SMILES string of the molecule is O=C(O)N1C[C@@H]2CC1CN2c1cncc(Br)c1. The van der Waals surface area contributed by atoms with Crippen molar-refractivity contribution in [1.82, 2.24) is 9.88 Å². The van der Waals surface area contributed by atoms with Gasteiger partial charge in [0.05, 0.1) is 17.9 Å². The highest BCUT2D eigenvalue weighted by Crippen LogP contribution is 2.34. The summed E-state index contributed by atoms with van der Waals surface area (Å²) in [6, 6.07) is 2.46. The van der Waals surface area contributed by atoms with Crippen LogP contribution in [0, 0.1) is 0 Å². The number of piperazine rings is 1. The van der Waals surface area contributed by atoms with Crippen molar-refractivity contribution in [2.45, 2.75) is 18.5 Å². The number of rotatable bonds is 1. The van der Waals surface area contributed by atoms with Gasteiger partial charge in [-0.1, -0.05) is 0 Å². The van der Waals surface area contributed by atoms with E-state index >= 15 is 0 Å². The van der Waals surface area contributed by atoms with Gasteiger partial charge in [0.1, 0.15) is 0 Å². The Morgan fingerprint density at radius 1 is 1.41 bits per heavy atom. The maximum Gasteiger partial charge on any atom is 0.407 e. The van der Waals surface area contributed by atoms with Crippen molar-refractivity contribution < 1.29 is 9.90 Å². The molecular formula is C11H12BrN3O2. The van der Waals surface area contributed by atoms with Crippen LogP contribution in [-0.4, -0.2) is 46.3 Å². The van der Waals surface area contributed by atoms with Gasteiger partial charge >= 0.3 is 6.09 Å². The third-order valence-corrected chi connectivity index (χ3v) is 3.94. The van der Waals surface area contributed by atoms with Crippen LogP contribution < -0.4 is 4.90 Å². The second-order valence-electron chi connectivity index (χ2n) is 4.49. The van der Waals surface area contributed by atoms with Crippen LogP contribution in [0.1, 0.15) is 6.42 Å². The smallest absolute Gasteiger partial charge is 0.407 e. The summed E-state index contributed by atoms with van der Waals surface area (Å²) >= 11 is 3.40. The van der Waals surface area contributed by atoms with Crippen molar-refractivity contribution in [3.63, 3.8) is 0 Å². The summed E-state index contributed by atoms with van der Waals surface area (Å²) in [5.41, 5.74) is 1.07. The van der Waals surface area contributed by atoms with E-state index in [2.05, 4.69) is 25.8 Å². The molecule has 5 nitrogen and oxygen atoms in total. The maximum atomic E-state index is 11.0. The van der Waals surface area contributed by atoms with Crippen LogP contribution in [0.25, 0.3) is 0 Å². The van der Waals surface area contributed by atoms with Gasteiger partial charge in [-0.05, 0) is 28.4 Å². The van der Waals surface area contributed by atoms with Gasteiger partial charge in [-0.3, -0.25) is 4.98 Å². The van der Waals surface area contributed by atoms with E-state index in [-0.39, 0.29) is 6.04 Å². The molecule has 3 rings (SSSR count). The number of hydrogen-bond acceptors (Lipinski definition) is 3. The molecule has 0 saturated carbocycles. The highest BCUT2D eigenvalue weighted by Gasteiger charge is 2.45. The Morgan fingerprint density at radius 2 is 2.24 bits per heavy atom. The van der Waals surface area contributed by atoms with Crippen molar-refractivity contribution in [2.24, 2.45) is 0 Å². The second kappa shape index (κ2) is 3.87. The Balaban J connectivity index is 1.80. The fraction of sp³-hybridized carbons (Fsp3) is 0.455. The molecule has 6 heteroatoms. The number of fused-ring (bicyclic) bond motifs is 2. The van der Waals surface area contributed by atoms with Gasteiger partial charge in [-0.2, -0.15) is 0 Å². The number of halogens is 1. The summed E-state index contributed by atoms with van der Waals surface area (Å²) in [5, 5.41) is 9.02. The first-order chi connectivity index (χ1) is 8.15. The molecule has 2 aliphatic rings. The molecule has 3 heterocycles. The minimum absolute atomic E-state index is 0.136. The highest BCUT2D eigenvalue weighted by molar-refractivity contribution is 9.10. The lowest BCUT2D eigenvalue weighted by Gasteiger charge is -2.33. The Morgan fingerprint density at radius 3 is 2.82 bits per heavy atom. The van der Waals surface area contributed by atoms with Gasteiger partial charge in [-0.25, -0.2) is 4.79 Å². The van der Waals surface area contributed by atoms with Gasteiger partial charge in [-0.15, -0.1) is 0 Å². The number of aromatic nitrogens is 1. The largest absolute Gasteiger partial charge is 0.465 e. The number of hydrogen-bond donors (Lipinski definition) is 1. The van der Waals surface area contributed by atoms with E-state index in [1.165, 1.54) is 0 Å². The molecule has 2 saturated heterocycles. The molecule has 2 atom stereocenters. The monoisotopic (exact) mass is 297 g/mol. The van der Waals surface area contributed by atoms with Crippen LogP contribution in [0.4, 0.5) is 10.5 Å². The van der Waals surface area contributed by atoms with E-state index in [0.29, 0.717) is 12.6 Å². The van der Waals surface area contributed by atoms with Crippen molar-refractivity contribution >= 4 is 27.7 Å². The first-order valence-corrected chi connectivity index (χ1v) is 6.31. The zero-order valence-electron chi connectivity index (χ0n) is 9.08. The van der Waals surface area contributed by atoms with E-state index in [4.69, 9.17) is 5.11 Å². The molecule has 1 unspecified atom stereocenters. The van der Waals surface area contributed by atoms with Gasteiger partial charge in [0.25, 0.3) is 0 Å². The summed E-state index contributed by atoms with van der Waals surface area (Å²) in [4.78, 5) is 18.9. The Hall–Kier alpha value is -1.30. The van der Waals surface area contributed by atoms with Gasteiger partial charge in [0, 0.05) is 29.8 Å². The number of carbonyl (C=O) groups is 1. The van der Waals surface area contributed by atoms with Gasteiger partial charge in [0.2, 0.25) is 0 Å². The number of amides is 1. The summed E-state index contributed by atoms with van der Waals surface area (Å²) < 4.78 is 0.952. The molecule has 1 aromatic rings. The molecule has 1 N–H and O–H groups in total. The number of carboxylic acid groups (broad SMARTS) is 1. The first kappa shape index (κ1) is 10.8. The van der Waals surface area contributed by atoms with E-state index in [1.54, 1.807) is 11.1 Å². The second-order valence-corrected chi connectivity index (χ2v) is 5.41. The molecule has 17 heavy (non-hydrogen) atoms. The van der Waals surface area contributed by atoms with Crippen LogP contribution in [-0.2, 0) is 0 Å². The predicted molar refractivity (Wildman–Crippen MR) is 66.2 cm³/mol. The summed E-state index contributed by atoms with van der Waals surface area (Å²) in [6.45, 7) is 1.38. The normalized spacial score (nSPS) is 26.6. The molecule has 2 fully saturated rings. The highest BCUT2D eigenvalue weighted by atomic mass is 79.9. The minimum Gasteiger partial charge on any atom is -0.465 e. The quantitative estimate of drug-likeness (QED) is 0.858. The molecule has 0 spiro atoms. The molecule has 0 aromatic carbocycles. The van der Waals surface area contributed by atoms with E-state index in [1.807, 2.05) is 12.3 Å². The van der Waals surface area contributed by atoms with Crippen LogP contribution in [0.5, 0.6) is 0 Å². The fourth-order valence-corrected chi connectivity index (χ4v) is 3.13. The van der Waals surface area contributed by atoms with E-state index in [0.717, 1.165) is 23.1 Å². The Kier molecular flexibility index (Phi) is 2.47. The lowest BCUT2D eigenvalue weighted by molar-refractivity contribution is 0.137. The topological polar surface area (TPSA) is 56.7 Å². The molecule has 2 aliphatic heterocycles. The fourth-order valence-electron chi connectivity index (χ4n) is 2.78. The van der Waals surface area contributed by atoms with E-state index < -0.39 is 6.09 Å². The standard InChI is InChI=1S/C11H12BrN3O2/c12-7-1-8(4-13-3-7)14-5-10-2-9(14)6-15(10)11(16)17/h1,3-4,9-10H,2,5-6H2,(H,16,17)/t9-,10?/m0/s1. The summed E-state index contributed by atoms with van der Waals surface area (Å²) in [6.07, 6.45) is 3.71. The van der Waals surface area contributed by atoms with Crippen molar-refractivity contribution in [1.29, 1.82) is 0 Å². The zero-order chi connectivity index (χ0) is 12.0. The third-order valence-electron chi connectivity index (χ3n) is 3.51. The van der Waals surface area contributed by atoms with Gasteiger partial charge < -0.3 is 14.9 Å². The van der Waals surface area contributed by atoms with Gasteiger partial charge in [0.15, 0.2) is 0 Å². The van der Waals surface area contributed by atoms with Crippen LogP contribution in [0.2, 0.25) is 0 Å². The minimum atomic E-state index is -0.801. The molecular weight excluding hydrogens is 286 g/mol. The molecule has 1 amide bonds. The average Bonchev–Trinajstić information content (AvgIpc) is 2.87. The Labute approximate surface area is 107 Å². The average molecular weight is 298 g/mol. The lowest BCUT2D eigenvalue weighted by atomic mass is 10.2. The number of pyridine rings is 1.